The Balaban J connectivity index is 1.72. The lowest BCUT2D eigenvalue weighted by atomic mass is 9.90. The maximum absolute atomic E-state index is 10.6. The summed E-state index contributed by atoms with van der Waals surface area (Å²) in [5.41, 5.74) is 7.55. The number of para-hydroxylation sites is 4. The second-order valence-electron chi connectivity index (χ2n) is 10.2. The molecule has 0 aliphatic carbocycles. The van der Waals surface area contributed by atoms with Crippen molar-refractivity contribution < 1.29 is 0 Å². The van der Waals surface area contributed by atoms with Crippen molar-refractivity contribution >= 4 is 43.6 Å². The average molecular weight is 501 g/mol. The van der Waals surface area contributed by atoms with Gasteiger partial charge in [0.25, 0.3) is 0 Å². The molecule has 0 N–H and O–H groups in total. The van der Waals surface area contributed by atoms with Gasteiger partial charge in [-0.15, -0.1) is 0 Å². The van der Waals surface area contributed by atoms with Gasteiger partial charge >= 0.3 is 0 Å². The molecule has 0 atom stereocenters. The van der Waals surface area contributed by atoms with E-state index in [2.05, 4.69) is 83.7 Å². The van der Waals surface area contributed by atoms with Crippen molar-refractivity contribution in [2.24, 2.45) is 0 Å². The van der Waals surface area contributed by atoms with E-state index in [1.54, 1.807) is 0 Å². The molecule has 7 rings (SSSR count). The molecule has 2 aromatic heterocycles. The van der Waals surface area contributed by atoms with E-state index in [1.165, 1.54) is 0 Å². The van der Waals surface area contributed by atoms with Crippen molar-refractivity contribution in [2.75, 3.05) is 0 Å². The molecule has 0 aliphatic heterocycles. The van der Waals surface area contributed by atoms with Gasteiger partial charge in [0.2, 0.25) is 0 Å². The smallest absolute Gasteiger partial charge is 0.102 e. The van der Waals surface area contributed by atoms with E-state index >= 15 is 0 Å². The van der Waals surface area contributed by atoms with Crippen molar-refractivity contribution in [1.82, 2.24) is 9.13 Å². The van der Waals surface area contributed by atoms with Crippen molar-refractivity contribution in [3.05, 3.63) is 120 Å². The van der Waals surface area contributed by atoms with Crippen LogP contribution in [0.3, 0.4) is 0 Å². The number of hydrogen-bond donors (Lipinski definition) is 0. The predicted molar refractivity (Wildman–Crippen MR) is 159 cm³/mol. The third-order valence-electron chi connectivity index (χ3n) is 7.77. The predicted octanol–water partition coefficient (Wildman–Crippen LogP) is 8.75. The van der Waals surface area contributed by atoms with E-state index in [9.17, 15) is 10.5 Å². The molecule has 39 heavy (non-hydrogen) atoms. The van der Waals surface area contributed by atoms with Crippen LogP contribution in [0.4, 0.5) is 0 Å². The van der Waals surface area contributed by atoms with Crippen LogP contribution in [0.5, 0.6) is 0 Å². The molecule has 0 aliphatic rings. The Morgan fingerprint density at radius 2 is 0.821 bits per heavy atom. The summed E-state index contributed by atoms with van der Waals surface area (Å²) in [5.74, 6) is -0.0332. The van der Waals surface area contributed by atoms with Crippen LogP contribution in [0.15, 0.2) is 103 Å². The van der Waals surface area contributed by atoms with Gasteiger partial charge in [-0.2, -0.15) is 10.5 Å². The third kappa shape index (κ3) is 3.16. The number of hydrogen-bond acceptors (Lipinski definition) is 2. The molecule has 0 saturated carbocycles. The second kappa shape index (κ2) is 8.62. The summed E-state index contributed by atoms with van der Waals surface area (Å²) >= 11 is 0. The summed E-state index contributed by atoms with van der Waals surface area (Å²) in [6.45, 7) is 4.12. The number of nitriles is 2. The maximum atomic E-state index is 10.6. The van der Waals surface area contributed by atoms with Gasteiger partial charge in [0.15, 0.2) is 0 Å². The summed E-state index contributed by atoms with van der Waals surface area (Å²) in [6, 6.07) is 40.3. The SMILES string of the molecule is CC(C)c1c(C#N)c(-n2c3ccccc3c3ccccc32)cc(-n2c3ccccc3c3ccccc32)c1C#N. The largest absolute Gasteiger partial charge is 0.308 e. The Bertz CT molecular complexity index is 1920. The number of aromatic nitrogens is 2. The van der Waals surface area contributed by atoms with Crippen molar-refractivity contribution in [3.63, 3.8) is 0 Å². The molecular weight excluding hydrogens is 476 g/mol. The number of rotatable bonds is 3. The second-order valence-corrected chi connectivity index (χ2v) is 10.2. The van der Waals surface area contributed by atoms with Crippen LogP contribution in [0.2, 0.25) is 0 Å². The first-order valence-electron chi connectivity index (χ1n) is 13.1. The average Bonchev–Trinajstić information content (AvgIpc) is 3.49. The van der Waals surface area contributed by atoms with Crippen LogP contribution in [-0.2, 0) is 0 Å². The lowest BCUT2D eigenvalue weighted by Crippen LogP contribution is -2.10. The van der Waals surface area contributed by atoms with Gasteiger partial charge in [-0.05, 0) is 41.8 Å². The molecule has 7 aromatic rings. The molecule has 0 amide bonds. The molecule has 0 bridgehead atoms. The first-order valence-corrected chi connectivity index (χ1v) is 13.1. The van der Waals surface area contributed by atoms with Crippen LogP contribution < -0.4 is 0 Å². The van der Waals surface area contributed by atoms with E-state index in [4.69, 9.17) is 0 Å². The minimum Gasteiger partial charge on any atom is -0.308 e. The Labute approximate surface area is 226 Å². The molecular formula is C35H24N4. The first-order chi connectivity index (χ1) is 19.1. The number of fused-ring (bicyclic) bond motifs is 6. The van der Waals surface area contributed by atoms with E-state index in [0.717, 1.165) is 60.5 Å². The zero-order valence-corrected chi connectivity index (χ0v) is 21.7. The van der Waals surface area contributed by atoms with Crippen LogP contribution in [0, 0.1) is 22.7 Å². The van der Waals surface area contributed by atoms with Gasteiger partial charge in [-0.25, -0.2) is 0 Å². The minimum atomic E-state index is -0.0332. The lowest BCUT2D eigenvalue weighted by molar-refractivity contribution is 0.852. The minimum absolute atomic E-state index is 0.0332. The van der Waals surface area contributed by atoms with Gasteiger partial charge < -0.3 is 9.13 Å². The van der Waals surface area contributed by atoms with Gasteiger partial charge in [0.1, 0.15) is 12.1 Å². The Hall–Kier alpha value is -5.32. The summed E-state index contributed by atoms with van der Waals surface area (Å²) in [7, 11) is 0. The standard InChI is InChI=1S/C35H24N4/c1-22(2)35-27(20-36)33(38-29-15-7-3-11-23(29)24-12-4-8-16-30(24)38)19-34(28(35)21-37)39-31-17-9-5-13-25(31)26-14-6-10-18-32(26)39/h3-19,22H,1-2H3. The van der Waals surface area contributed by atoms with Crippen molar-refractivity contribution in [1.29, 1.82) is 10.5 Å². The fraction of sp³-hybridized carbons (Fsp3) is 0.0857. The monoisotopic (exact) mass is 500 g/mol. The number of benzene rings is 5. The van der Waals surface area contributed by atoms with Gasteiger partial charge in [-0.1, -0.05) is 86.6 Å². The fourth-order valence-electron chi connectivity index (χ4n) is 6.20. The zero-order valence-electron chi connectivity index (χ0n) is 21.7. The summed E-state index contributed by atoms with van der Waals surface area (Å²) in [6.07, 6.45) is 0. The third-order valence-corrected chi connectivity index (χ3v) is 7.77. The fourth-order valence-corrected chi connectivity index (χ4v) is 6.20. The zero-order chi connectivity index (χ0) is 26.7. The van der Waals surface area contributed by atoms with Crippen LogP contribution in [0.25, 0.3) is 55.0 Å². The first kappa shape index (κ1) is 22.8. The summed E-state index contributed by atoms with van der Waals surface area (Å²) in [5, 5.41) is 25.7. The maximum Gasteiger partial charge on any atom is 0.102 e. The van der Waals surface area contributed by atoms with Gasteiger partial charge in [0.05, 0.1) is 44.6 Å². The molecule has 4 heteroatoms. The highest BCUT2D eigenvalue weighted by molar-refractivity contribution is 6.11. The van der Waals surface area contributed by atoms with Crippen LogP contribution >= 0.6 is 0 Å². The Morgan fingerprint density at radius 3 is 1.10 bits per heavy atom. The van der Waals surface area contributed by atoms with Crippen LogP contribution in [-0.4, -0.2) is 9.13 Å². The van der Waals surface area contributed by atoms with Gasteiger partial charge in [0, 0.05) is 21.5 Å². The molecule has 4 nitrogen and oxygen atoms in total. The summed E-state index contributed by atoms with van der Waals surface area (Å²) < 4.78 is 4.38. The molecule has 0 spiro atoms. The highest BCUT2D eigenvalue weighted by Gasteiger charge is 2.26. The quantitative estimate of drug-likeness (QED) is 0.243. The Kier molecular flexibility index (Phi) is 5.05. The highest BCUT2D eigenvalue weighted by atomic mass is 15.0. The van der Waals surface area contributed by atoms with Crippen molar-refractivity contribution in [3.8, 4) is 23.5 Å². The molecule has 0 saturated heterocycles. The molecule has 0 radical (unpaired) electrons. The highest BCUT2D eigenvalue weighted by Crippen LogP contribution is 2.40. The summed E-state index contributed by atoms with van der Waals surface area (Å²) in [4.78, 5) is 0. The van der Waals surface area contributed by atoms with E-state index < -0.39 is 0 Å². The van der Waals surface area contributed by atoms with Crippen LogP contribution in [0.1, 0.15) is 36.5 Å². The van der Waals surface area contributed by atoms with E-state index in [0.29, 0.717) is 11.1 Å². The molecule has 0 fully saturated rings. The molecule has 184 valence electrons. The lowest BCUT2D eigenvalue weighted by Gasteiger charge is -2.21. The molecule has 0 unspecified atom stereocenters. The molecule has 2 heterocycles. The van der Waals surface area contributed by atoms with E-state index in [1.807, 2.05) is 54.6 Å². The normalized spacial score (nSPS) is 11.5. The topological polar surface area (TPSA) is 57.4 Å². The molecule has 5 aromatic carbocycles. The number of nitrogens with zero attached hydrogens (tertiary/aromatic N) is 4. The van der Waals surface area contributed by atoms with Crippen molar-refractivity contribution in [2.45, 2.75) is 19.8 Å². The Morgan fingerprint density at radius 1 is 0.513 bits per heavy atom. The van der Waals surface area contributed by atoms with Gasteiger partial charge in [-0.3, -0.25) is 0 Å². The van der Waals surface area contributed by atoms with E-state index in [-0.39, 0.29) is 5.92 Å².